The molecular weight excluding hydrogens is 341 g/mol. The van der Waals surface area contributed by atoms with Gasteiger partial charge < -0.3 is 15.3 Å². The molecule has 6 nitrogen and oxygen atoms in total. The average molecular weight is 358 g/mol. The molecule has 1 aromatic carbocycles. The van der Waals surface area contributed by atoms with Crippen LogP contribution in [-0.2, 0) is 20.8 Å². The van der Waals surface area contributed by atoms with E-state index in [1.54, 1.807) is 30.3 Å². The Balaban J connectivity index is 1.88. The van der Waals surface area contributed by atoms with Gasteiger partial charge in [0, 0.05) is 13.1 Å². The van der Waals surface area contributed by atoms with Gasteiger partial charge in [0.15, 0.2) is 0 Å². The number of nitrogens with zero attached hydrogens (tertiary/aromatic N) is 1. The quantitative estimate of drug-likeness (QED) is 0.824. The van der Waals surface area contributed by atoms with Gasteiger partial charge in [-0.05, 0) is 5.56 Å². The Morgan fingerprint density at radius 1 is 1.16 bits per heavy atom. The molecule has 1 aliphatic heterocycles. The SMILES string of the molecule is O=C(Cc1ccccc1)NCC(=O)N1C[C@@H](C(F)(F)F)[C@H](C(=O)O)C1. The van der Waals surface area contributed by atoms with Crippen molar-refractivity contribution in [3.63, 3.8) is 0 Å². The molecule has 0 radical (unpaired) electrons. The van der Waals surface area contributed by atoms with Crippen LogP contribution in [0.3, 0.4) is 0 Å². The molecular formula is C16H17F3N2O4. The van der Waals surface area contributed by atoms with E-state index in [2.05, 4.69) is 5.32 Å². The van der Waals surface area contributed by atoms with Crippen LogP contribution in [0, 0.1) is 11.8 Å². The van der Waals surface area contributed by atoms with Crippen molar-refractivity contribution in [1.29, 1.82) is 0 Å². The van der Waals surface area contributed by atoms with Crippen molar-refractivity contribution >= 4 is 17.8 Å². The van der Waals surface area contributed by atoms with Crippen molar-refractivity contribution in [2.24, 2.45) is 11.8 Å². The van der Waals surface area contributed by atoms with Crippen LogP contribution < -0.4 is 5.32 Å². The summed E-state index contributed by atoms with van der Waals surface area (Å²) < 4.78 is 38.7. The van der Waals surface area contributed by atoms with E-state index in [4.69, 9.17) is 5.11 Å². The van der Waals surface area contributed by atoms with E-state index >= 15 is 0 Å². The van der Waals surface area contributed by atoms with Crippen LogP contribution in [0.4, 0.5) is 13.2 Å². The summed E-state index contributed by atoms with van der Waals surface area (Å²) >= 11 is 0. The number of amides is 2. The predicted octanol–water partition coefficient (Wildman–Crippen LogP) is 1.07. The fraction of sp³-hybridized carbons (Fsp3) is 0.438. The maximum atomic E-state index is 12.9. The summed E-state index contributed by atoms with van der Waals surface area (Å²) in [5.74, 6) is -6.57. The Kier molecular flexibility index (Phi) is 5.66. The summed E-state index contributed by atoms with van der Waals surface area (Å²) in [5.41, 5.74) is 0.733. The number of likely N-dealkylation sites (tertiary alicyclic amines) is 1. The number of nitrogens with one attached hydrogen (secondary N) is 1. The number of carboxylic acids is 1. The van der Waals surface area contributed by atoms with Crippen molar-refractivity contribution in [3.8, 4) is 0 Å². The summed E-state index contributed by atoms with van der Waals surface area (Å²) in [4.78, 5) is 35.6. The Morgan fingerprint density at radius 3 is 2.32 bits per heavy atom. The molecule has 2 rings (SSSR count). The lowest BCUT2D eigenvalue weighted by Crippen LogP contribution is -2.40. The van der Waals surface area contributed by atoms with Crippen molar-refractivity contribution < 1.29 is 32.7 Å². The summed E-state index contributed by atoms with van der Waals surface area (Å²) in [6.07, 6.45) is -4.66. The zero-order valence-corrected chi connectivity index (χ0v) is 13.1. The van der Waals surface area contributed by atoms with Crippen LogP contribution in [0.2, 0.25) is 0 Å². The lowest BCUT2D eigenvalue weighted by atomic mass is 9.96. The molecule has 1 heterocycles. The molecule has 1 fully saturated rings. The highest BCUT2D eigenvalue weighted by Gasteiger charge is 2.53. The molecule has 25 heavy (non-hydrogen) atoms. The van der Waals surface area contributed by atoms with Crippen molar-refractivity contribution in [1.82, 2.24) is 10.2 Å². The third-order valence-electron chi connectivity index (χ3n) is 4.05. The normalized spacial score (nSPS) is 20.4. The first-order valence-electron chi connectivity index (χ1n) is 7.56. The second-order valence-corrected chi connectivity index (χ2v) is 5.83. The van der Waals surface area contributed by atoms with Crippen molar-refractivity contribution in [2.45, 2.75) is 12.6 Å². The third-order valence-corrected chi connectivity index (χ3v) is 4.05. The number of alkyl halides is 3. The van der Waals surface area contributed by atoms with Gasteiger partial charge in [-0.15, -0.1) is 0 Å². The van der Waals surface area contributed by atoms with Crippen molar-refractivity contribution in [3.05, 3.63) is 35.9 Å². The number of carbonyl (C=O) groups is 3. The van der Waals surface area contributed by atoms with Gasteiger partial charge in [-0.25, -0.2) is 0 Å². The van der Waals surface area contributed by atoms with E-state index in [-0.39, 0.29) is 6.42 Å². The van der Waals surface area contributed by atoms with Gasteiger partial charge in [-0.3, -0.25) is 14.4 Å². The molecule has 0 saturated carbocycles. The molecule has 0 aliphatic carbocycles. The topological polar surface area (TPSA) is 86.7 Å². The average Bonchev–Trinajstić information content (AvgIpc) is 2.99. The first-order chi connectivity index (χ1) is 11.7. The lowest BCUT2D eigenvalue weighted by Gasteiger charge is -2.18. The van der Waals surface area contributed by atoms with E-state index in [0.29, 0.717) is 0 Å². The second kappa shape index (κ2) is 7.54. The van der Waals surface area contributed by atoms with Crippen LogP contribution in [0.15, 0.2) is 30.3 Å². The molecule has 2 atom stereocenters. The highest BCUT2D eigenvalue weighted by molar-refractivity contribution is 5.86. The van der Waals surface area contributed by atoms with Crippen LogP contribution in [0.1, 0.15) is 5.56 Å². The molecule has 1 saturated heterocycles. The van der Waals surface area contributed by atoms with Crippen LogP contribution >= 0.6 is 0 Å². The van der Waals surface area contributed by atoms with Crippen molar-refractivity contribution in [2.75, 3.05) is 19.6 Å². The van der Waals surface area contributed by atoms with Crippen LogP contribution in [-0.4, -0.2) is 53.6 Å². The zero-order chi connectivity index (χ0) is 18.6. The number of aliphatic carboxylic acids is 1. The van der Waals surface area contributed by atoms with Gasteiger partial charge in [-0.2, -0.15) is 13.2 Å². The van der Waals surface area contributed by atoms with E-state index < -0.39 is 55.4 Å². The molecule has 1 aliphatic rings. The lowest BCUT2D eigenvalue weighted by molar-refractivity contribution is -0.188. The first kappa shape index (κ1) is 18.8. The summed E-state index contributed by atoms with van der Waals surface area (Å²) in [7, 11) is 0. The Morgan fingerprint density at radius 2 is 1.80 bits per heavy atom. The minimum Gasteiger partial charge on any atom is -0.481 e. The van der Waals surface area contributed by atoms with E-state index in [1.165, 1.54) is 0 Å². The number of carbonyl (C=O) groups excluding carboxylic acids is 2. The molecule has 0 unspecified atom stereocenters. The monoisotopic (exact) mass is 358 g/mol. The Labute approximate surface area is 141 Å². The first-order valence-corrected chi connectivity index (χ1v) is 7.56. The molecule has 0 aromatic heterocycles. The zero-order valence-electron chi connectivity index (χ0n) is 13.1. The maximum absolute atomic E-state index is 12.9. The fourth-order valence-electron chi connectivity index (χ4n) is 2.72. The largest absolute Gasteiger partial charge is 0.481 e. The highest BCUT2D eigenvalue weighted by Crippen LogP contribution is 2.37. The van der Waals surface area contributed by atoms with E-state index in [0.717, 1.165) is 10.5 Å². The van der Waals surface area contributed by atoms with E-state index in [1.807, 2.05) is 0 Å². The molecule has 0 spiro atoms. The van der Waals surface area contributed by atoms with Crippen LogP contribution in [0.25, 0.3) is 0 Å². The van der Waals surface area contributed by atoms with E-state index in [9.17, 15) is 27.6 Å². The highest BCUT2D eigenvalue weighted by atomic mass is 19.4. The molecule has 0 bridgehead atoms. The van der Waals surface area contributed by atoms with Gasteiger partial charge in [0.1, 0.15) is 0 Å². The predicted molar refractivity (Wildman–Crippen MR) is 80.4 cm³/mol. The summed E-state index contributed by atoms with van der Waals surface area (Å²) in [6, 6.07) is 8.75. The van der Waals surface area contributed by atoms with Gasteiger partial charge in [0.2, 0.25) is 11.8 Å². The van der Waals surface area contributed by atoms with Gasteiger partial charge in [0.05, 0.1) is 24.8 Å². The van der Waals surface area contributed by atoms with Gasteiger partial charge >= 0.3 is 12.1 Å². The Bertz CT molecular complexity index is 649. The summed E-state index contributed by atoms with van der Waals surface area (Å²) in [5, 5.41) is 11.3. The molecule has 2 amide bonds. The number of halogens is 3. The summed E-state index contributed by atoms with van der Waals surface area (Å²) in [6.45, 7) is -1.71. The molecule has 9 heteroatoms. The van der Waals surface area contributed by atoms with Gasteiger partial charge in [-0.1, -0.05) is 30.3 Å². The standard InChI is InChI=1S/C16H17F3N2O4/c17-16(18,19)12-9-21(8-11(12)15(24)25)14(23)7-20-13(22)6-10-4-2-1-3-5-10/h1-5,11-12H,6-9H2,(H,20,22)(H,24,25)/t11-,12-/m1/s1. The maximum Gasteiger partial charge on any atom is 0.394 e. The van der Waals surface area contributed by atoms with Gasteiger partial charge in [0.25, 0.3) is 0 Å². The second-order valence-electron chi connectivity index (χ2n) is 5.83. The Hall–Kier alpha value is -2.58. The molecule has 2 N–H and O–H groups in total. The number of hydrogen-bond donors (Lipinski definition) is 2. The molecule has 136 valence electrons. The minimum atomic E-state index is -4.70. The fourth-order valence-corrected chi connectivity index (χ4v) is 2.72. The number of hydrogen-bond acceptors (Lipinski definition) is 3. The number of benzene rings is 1. The smallest absolute Gasteiger partial charge is 0.394 e. The number of rotatable bonds is 5. The third kappa shape index (κ3) is 4.94. The number of carboxylic acid groups (broad SMARTS) is 1. The molecule has 1 aromatic rings. The minimum absolute atomic E-state index is 0.0387. The van der Waals surface area contributed by atoms with Crippen LogP contribution in [0.5, 0.6) is 0 Å².